The molecule has 5 atom stereocenters. The fourth-order valence-electron chi connectivity index (χ4n) is 21.5. The van der Waals surface area contributed by atoms with Crippen LogP contribution in [0.2, 0.25) is 0 Å². The topological polar surface area (TPSA) is 298 Å². The summed E-state index contributed by atoms with van der Waals surface area (Å²) in [4.78, 5) is 107. The molecule has 4 aromatic carbocycles. The zero-order valence-electron chi connectivity index (χ0n) is 50.9. The minimum absolute atomic E-state index is 0.0231. The van der Waals surface area contributed by atoms with E-state index in [0.29, 0.717) is 102 Å². The Balaban J connectivity index is 0.000000137. The van der Waals surface area contributed by atoms with E-state index in [9.17, 15) is 53.2 Å². The molecule has 21 rings (SSSR count). The number of carbonyl (C=O) groups excluding carboxylic acids is 4. The average Bonchev–Trinajstić information content (AvgIpc) is 1.14. The molecule has 0 radical (unpaired) electrons. The van der Waals surface area contributed by atoms with Gasteiger partial charge in [0.2, 0.25) is 23.6 Å². The Bertz CT molecular complexity index is 4860. The molecule has 21 nitrogen and oxygen atoms in total. The lowest BCUT2D eigenvalue weighted by atomic mass is 8.92. The number of benzene rings is 4. The maximum absolute atomic E-state index is 14.7. The number of amides is 4. The van der Waals surface area contributed by atoms with Gasteiger partial charge in [-0.2, -0.15) is 0 Å². The Morgan fingerprint density at radius 3 is 1.05 bits per heavy atom. The highest BCUT2D eigenvalue weighted by molar-refractivity contribution is 7.52. The summed E-state index contributed by atoms with van der Waals surface area (Å²) in [6, 6.07) is 6.59. The second kappa shape index (κ2) is 18.8. The van der Waals surface area contributed by atoms with E-state index in [0.717, 1.165) is 78.4 Å². The van der Waals surface area contributed by atoms with Gasteiger partial charge in [0.1, 0.15) is 11.5 Å². The molecule has 9 aliphatic carbocycles. The maximum atomic E-state index is 14.7. The third-order valence-corrected chi connectivity index (χ3v) is 27.0. The standard InChI is InChI=1S/C35H33Cl2N4O6P.C31H31Cl2N4O7P/c1-12-8-38-30-18(42)4-16-22(20(12)30)14(6-36)10-40(16)32(43)34-24-27-25(34)29-26(34)28(24)35(27,29)33(44)41-11-15(7-37)23-17(41)5-19(47-48(3,45)46)31-21(23)13(2)9-39-31;1-14-7-34-26-20(38)3-18-24(22(14)26)16(5-32)9-36(18)28(39)30-11-31(12-30,13-30)29(40)37-10-17(6-33)25-19(37)4-21(44-45(41,42)43)27-23(25)15(2)8-35-27/h4-5,8-9,14-15,24-29,38-39,42H,6-7,10-11H2,1-3H3,(H,45,46);3-4,7-8,16-17,34-35,38H,5-6,9-13H2,1-2H3,(H2,41,42,43)/t14-,15-,24?,25?,26?,27?,28?,29?,34?,35?;16-,17-,30?,31?/m11/s1. The van der Waals surface area contributed by atoms with Gasteiger partial charge in [-0.25, -0.2) is 9.13 Å². The molecule has 0 spiro atoms. The smallest absolute Gasteiger partial charge is 0.506 e. The first-order chi connectivity index (χ1) is 44.2. The summed E-state index contributed by atoms with van der Waals surface area (Å²) in [5.41, 5.74) is 10.4. The van der Waals surface area contributed by atoms with E-state index in [1.807, 2.05) is 56.1 Å². The Morgan fingerprint density at radius 2 is 0.753 bits per heavy atom. The molecule has 4 aromatic heterocycles. The molecule has 93 heavy (non-hydrogen) atoms. The molecule has 8 heterocycles. The van der Waals surface area contributed by atoms with Gasteiger partial charge in [0.15, 0.2) is 11.5 Å². The van der Waals surface area contributed by atoms with Crippen LogP contribution in [0, 0.1) is 84.9 Å². The molecule has 9 N–H and O–H groups in total. The van der Waals surface area contributed by atoms with Gasteiger partial charge in [-0.3, -0.25) is 29.0 Å². The summed E-state index contributed by atoms with van der Waals surface area (Å²) in [6.45, 7) is 10.6. The minimum Gasteiger partial charge on any atom is -0.506 e. The van der Waals surface area contributed by atoms with E-state index in [-0.39, 0.29) is 112 Å². The van der Waals surface area contributed by atoms with Crippen molar-refractivity contribution in [1.29, 1.82) is 0 Å². The number of phenols is 2. The van der Waals surface area contributed by atoms with Gasteiger partial charge in [0.25, 0.3) is 0 Å². The van der Waals surface area contributed by atoms with Crippen LogP contribution in [0.4, 0.5) is 22.7 Å². The Kier molecular flexibility index (Phi) is 12.0. The molecule has 1 unspecified atom stereocenters. The molecule has 8 aromatic rings. The number of anilines is 4. The van der Waals surface area contributed by atoms with Gasteiger partial charge < -0.3 is 63.7 Å². The first kappa shape index (κ1) is 59.1. The number of aromatic amines is 4. The molecule has 0 saturated heterocycles. The number of H-pyrrole nitrogens is 4. The van der Waals surface area contributed by atoms with Crippen molar-refractivity contribution in [2.24, 2.45) is 57.2 Å². The van der Waals surface area contributed by atoms with Crippen molar-refractivity contribution in [3.8, 4) is 23.0 Å². The van der Waals surface area contributed by atoms with Crippen molar-refractivity contribution >= 4 is 152 Å². The number of alkyl halides is 4. The van der Waals surface area contributed by atoms with E-state index >= 15 is 0 Å². The number of hydrogen-bond acceptors (Lipinski definition) is 10. The SMILES string of the molecule is Cc1c[nH]c2c(O)cc3c(c12)[C@H](CCl)CN3C(=O)C12C3C4C1C1C2C3C41C(=O)N1C[C@@H](CCl)c2c1cc(OP(C)(=O)O)c1[nH]cc(C)c21.Cc1c[nH]c2c(O)cc3c(c12)[C@H](CCl)CN3C(=O)C12CC(C(=O)N3C[C@@H](CCl)c4c3cc(OP(=O)(O)O)c3[nH]cc(C)c43)(C1)C2. The monoisotopic (exact) mass is 1380 g/mol. The lowest BCUT2D eigenvalue weighted by Gasteiger charge is -3.09. The summed E-state index contributed by atoms with van der Waals surface area (Å²) in [5, 5.41) is 25.2. The summed E-state index contributed by atoms with van der Waals surface area (Å²) in [5.74, 6) is 2.60. The van der Waals surface area contributed by atoms with Crippen LogP contribution >= 0.6 is 61.8 Å². The third kappa shape index (κ3) is 6.94. The van der Waals surface area contributed by atoms with Crippen LogP contribution < -0.4 is 28.6 Å². The predicted molar refractivity (Wildman–Crippen MR) is 352 cm³/mol. The molecule has 9 fully saturated rings. The molecule has 4 amide bonds. The van der Waals surface area contributed by atoms with Crippen LogP contribution in [0.1, 0.15) is 87.4 Å². The number of halogens is 4. The van der Waals surface area contributed by atoms with Crippen LogP contribution in [0.5, 0.6) is 23.0 Å². The molecule has 4 aliphatic heterocycles. The van der Waals surface area contributed by atoms with Crippen LogP contribution in [-0.4, -0.2) is 125 Å². The molecule has 484 valence electrons. The van der Waals surface area contributed by atoms with Gasteiger partial charge >= 0.3 is 15.4 Å². The average molecular weight is 1380 g/mol. The Morgan fingerprint density at radius 1 is 0.473 bits per heavy atom. The summed E-state index contributed by atoms with van der Waals surface area (Å²) >= 11 is 25.8. The summed E-state index contributed by atoms with van der Waals surface area (Å²) < 4.78 is 34.8. The number of phosphoric acid groups is 1. The van der Waals surface area contributed by atoms with Crippen LogP contribution in [0.25, 0.3) is 43.6 Å². The number of rotatable bonds is 12. The number of phosphoric ester groups is 1. The number of aryl methyl sites for hydroxylation is 4. The van der Waals surface area contributed by atoms with E-state index in [1.165, 1.54) is 6.07 Å². The number of nitrogens with one attached hydrogen (secondary N) is 4. The molecule has 9 saturated carbocycles. The van der Waals surface area contributed by atoms with Crippen molar-refractivity contribution in [1.82, 2.24) is 19.9 Å². The number of hydrogen-bond donors (Lipinski definition) is 9. The van der Waals surface area contributed by atoms with E-state index in [1.54, 1.807) is 34.2 Å². The van der Waals surface area contributed by atoms with Gasteiger partial charge in [-0.05, 0) is 127 Å². The number of fused-ring (bicyclic) bond motifs is 12. The molecule has 2 bridgehead atoms. The highest BCUT2D eigenvalue weighted by atomic mass is 35.5. The second-order valence-electron chi connectivity index (χ2n) is 28.8. The van der Waals surface area contributed by atoms with Crippen LogP contribution in [0.3, 0.4) is 0 Å². The molecule has 27 heteroatoms. The van der Waals surface area contributed by atoms with Crippen molar-refractivity contribution in [3.63, 3.8) is 0 Å². The third-order valence-electron chi connectivity index (χ3n) is 24.5. The van der Waals surface area contributed by atoms with Gasteiger partial charge in [0, 0.05) is 151 Å². The molecular weight excluding hydrogens is 1320 g/mol. The quantitative estimate of drug-likeness (QED) is 0.0407. The first-order valence-corrected chi connectivity index (χ1v) is 37.2. The number of nitrogens with zero attached hydrogens (tertiary/aromatic N) is 4. The highest BCUT2D eigenvalue weighted by Gasteiger charge is 3.13. The normalized spacial score (nSPS) is 32.5. The van der Waals surface area contributed by atoms with Crippen molar-refractivity contribution in [2.45, 2.75) is 70.6 Å². The second-order valence-corrected chi connectivity index (χ2v) is 33.0. The molecular formula is C66H64Cl4N8O13P2. The van der Waals surface area contributed by atoms with Crippen molar-refractivity contribution in [3.05, 3.63) is 93.6 Å². The predicted octanol–water partition coefficient (Wildman–Crippen LogP) is 11.6. The number of aromatic nitrogens is 4. The van der Waals surface area contributed by atoms with E-state index < -0.39 is 37.1 Å². The number of phenolic OH excluding ortho intramolecular Hbond substituents is 2. The lowest BCUT2D eigenvalue weighted by molar-refractivity contribution is -0.623. The van der Waals surface area contributed by atoms with E-state index in [2.05, 4.69) is 19.9 Å². The van der Waals surface area contributed by atoms with E-state index in [4.69, 9.17) is 55.5 Å². The van der Waals surface area contributed by atoms with Gasteiger partial charge in [-0.15, -0.1) is 46.4 Å². The Hall–Kier alpha value is -6.38. The summed E-state index contributed by atoms with van der Waals surface area (Å²) in [6.07, 6.45) is 8.51. The summed E-state index contributed by atoms with van der Waals surface area (Å²) in [7, 11) is -8.76. The van der Waals surface area contributed by atoms with Gasteiger partial charge in [0.05, 0.1) is 66.5 Å². The molecule has 13 aliphatic rings. The van der Waals surface area contributed by atoms with Crippen LogP contribution in [-0.2, 0) is 28.3 Å². The van der Waals surface area contributed by atoms with Crippen LogP contribution in [0.15, 0.2) is 49.1 Å². The fraction of sp³-hybridized carbons (Fsp3) is 0.455. The highest BCUT2D eigenvalue weighted by Crippen LogP contribution is 3.10. The van der Waals surface area contributed by atoms with Crippen molar-refractivity contribution in [2.75, 3.05) is 76.0 Å². The van der Waals surface area contributed by atoms with Gasteiger partial charge in [-0.1, -0.05) is 0 Å². The maximum Gasteiger partial charge on any atom is 0.524 e. The largest absolute Gasteiger partial charge is 0.524 e. The first-order valence-electron chi connectivity index (χ1n) is 31.5. The zero-order chi connectivity index (χ0) is 64.9. The zero-order valence-corrected chi connectivity index (χ0v) is 55.7. The fourth-order valence-corrected chi connectivity index (χ4v) is 23.4. The Labute approximate surface area is 551 Å². The number of carbonyl (C=O) groups is 4. The van der Waals surface area contributed by atoms with Crippen molar-refractivity contribution < 1.29 is 62.2 Å². The number of aromatic hydroxyl groups is 2. The lowest BCUT2D eigenvalue weighted by Crippen LogP contribution is -3.12. The minimum atomic E-state index is -4.89.